The van der Waals surface area contributed by atoms with Crippen LogP contribution in [0.25, 0.3) is 0 Å². The van der Waals surface area contributed by atoms with Crippen LogP contribution in [0.4, 0.5) is 10.1 Å². The highest BCUT2D eigenvalue weighted by molar-refractivity contribution is 9.10. The number of nitrogens with zero attached hydrogens (tertiary/aromatic N) is 1. The Morgan fingerprint density at radius 1 is 1.73 bits per heavy atom. The SMILES string of the molecule is CC1(C(=O)Nc2ccc(Br)nc2)CC1F. The molecule has 2 atom stereocenters. The van der Waals surface area contributed by atoms with Crippen molar-refractivity contribution in [3.05, 3.63) is 22.9 Å². The number of hydrogen-bond donors (Lipinski definition) is 1. The fourth-order valence-electron chi connectivity index (χ4n) is 1.27. The van der Waals surface area contributed by atoms with Gasteiger partial charge in [-0.05, 0) is 41.4 Å². The number of halogens is 2. The normalized spacial score (nSPS) is 28.6. The summed E-state index contributed by atoms with van der Waals surface area (Å²) >= 11 is 3.19. The van der Waals surface area contributed by atoms with Gasteiger partial charge in [0.05, 0.1) is 17.3 Å². The molecule has 1 fully saturated rings. The average molecular weight is 273 g/mol. The number of anilines is 1. The molecule has 0 saturated heterocycles. The van der Waals surface area contributed by atoms with Crippen LogP contribution in [0.15, 0.2) is 22.9 Å². The number of carbonyl (C=O) groups excluding carboxylic acids is 1. The first-order valence-electron chi connectivity index (χ1n) is 4.59. The predicted octanol–water partition coefficient (Wildman–Crippen LogP) is 2.53. The molecular formula is C10H10BrFN2O. The van der Waals surface area contributed by atoms with Crippen molar-refractivity contribution in [2.75, 3.05) is 5.32 Å². The number of aromatic nitrogens is 1. The molecule has 80 valence electrons. The van der Waals surface area contributed by atoms with Gasteiger partial charge >= 0.3 is 0 Å². The molecule has 15 heavy (non-hydrogen) atoms. The van der Waals surface area contributed by atoms with Crippen LogP contribution < -0.4 is 5.32 Å². The lowest BCUT2D eigenvalue weighted by molar-refractivity contribution is -0.121. The Morgan fingerprint density at radius 3 is 2.87 bits per heavy atom. The molecule has 2 rings (SSSR count). The van der Waals surface area contributed by atoms with Crippen molar-refractivity contribution >= 4 is 27.5 Å². The molecule has 1 aromatic heterocycles. The van der Waals surface area contributed by atoms with Gasteiger partial charge in [0.15, 0.2) is 0 Å². The zero-order chi connectivity index (χ0) is 11.1. The molecule has 0 radical (unpaired) electrons. The minimum atomic E-state index is -1.01. The number of hydrogen-bond acceptors (Lipinski definition) is 2. The van der Waals surface area contributed by atoms with E-state index in [1.54, 1.807) is 19.1 Å². The van der Waals surface area contributed by atoms with E-state index in [-0.39, 0.29) is 5.91 Å². The Morgan fingerprint density at radius 2 is 2.40 bits per heavy atom. The highest BCUT2D eigenvalue weighted by atomic mass is 79.9. The second-order valence-electron chi connectivity index (χ2n) is 3.91. The van der Waals surface area contributed by atoms with Crippen molar-refractivity contribution in [1.82, 2.24) is 4.98 Å². The van der Waals surface area contributed by atoms with Gasteiger partial charge in [0.2, 0.25) is 5.91 Å². The highest BCUT2D eigenvalue weighted by Gasteiger charge is 2.57. The molecule has 1 amide bonds. The number of pyridine rings is 1. The van der Waals surface area contributed by atoms with Crippen LogP contribution in [-0.2, 0) is 4.79 Å². The number of rotatable bonds is 2. The zero-order valence-electron chi connectivity index (χ0n) is 8.13. The first kappa shape index (κ1) is 10.5. The molecule has 2 unspecified atom stereocenters. The van der Waals surface area contributed by atoms with Crippen molar-refractivity contribution < 1.29 is 9.18 Å². The predicted molar refractivity (Wildman–Crippen MR) is 58.2 cm³/mol. The molecule has 3 nitrogen and oxygen atoms in total. The third kappa shape index (κ3) is 2.02. The quantitative estimate of drug-likeness (QED) is 0.841. The van der Waals surface area contributed by atoms with Gasteiger partial charge in [0, 0.05) is 0 Å². The molecule has 1 aliphatic carbocycles. The summed E-state index contributed by atoms with van der Waals surface area (Å²) in [6, 6.07) is 3.44. The van der Waals surface area contributed by atoms with Crippen molar-refractivity contribution in [3.8, 4) is 0 Å². The van der Waals surface area contributed by atoms with Gasteiger partial charge in [-0.2, -0.15) is 0 Å². The van der Waals surface area contributed by atoms with E-state index in [2.05, 4.69) is 26.2 Å². The van der Waals surface area contributed by atoms with Gasteiger partial charge in [0.25, 0.3) is 0 Å². The van der Waals surface area contributed by atoms with Gasteiger partial charge in [-0.25, -0.2) is 9.37 Å². The van der Waals surface area contributed by atoms with E-state index < -0.39 is 11.6 Å². The molecule has 1 saturated carbocycles. The lowest BCUT2D eigenvalue weighted by Crippen LogP contribution is -2.23. The molecular weight excluding hydrogens is 263 g/mol. The maximum absolute atomic E-state index is 12.9. The molecule has 1 aromatic rings. The largest absolute Gasteiger partial charge is 0.324 e. The Balaban J connectivity index is 2.04. The van der Waals surface area contributed by atoms with Crippen molar-refractivity contribution in [1.29, 1.82) is 0 Å². The summed E-state index contributed by atoms with van der Waals surface area (Å²) in [6.45, 7) is 1.62. The molecule has 1 heterocycles. The Bertz CT molecular complexity index is 395. The van der Waals surface area contributed by atoms with Gasteiger partial charge in [-0.1, -0.05) is 0 Å². The summed E-state index contributed by atoms with van der Waals surface area (Å²) in [4.78, 5) is 15.6. The molecule has 5 heteroatoms. The van der Waals surface area contributed by atoms with Crippen LogP contribution in [0.3, 0.4) is 0 Å². The first-order chi connectivity index (χ1) is 7.02. The highest BCUT2D eigenvalue weighted by Crippen LogP contribution is 2.48. The molecule has 1 N–H and O–H groups in total. The van der Waals surface area contributed by atoms with E-state index >= 15 is 0 Å². The van der Waals surface area contributed by atoms with Crippen LogP contribution in [-0.4, -0.2) is 17.1 Å². The summed E-state index contributed by atoms with van der Waals surface area (Å²) in [5.74, 6) is -0.279. The monoisotopic (exact) mass is 272 g/mol. The fourth-order valence-corrected chi connectivity index (χ4v) is 1.51. The van der Waals surface area contributed by atoms with E-state index in [1.165, 1.54) is 6.20 Å². The molecule has 0 aliphatic heterocycles. The zero-order valence-corrected chi connectivity index (χ0v) is 9.71. The third-order valence-corrected chi connectivity index (χ3v) is 3.11. The van der Waals surface area contributed by atoms with Crippen LogP contribution in [0.2, 0.25) is 0 Å². The van der Waals surface area contributed by atoms with E-state index in [1.807, 2.05) is 0 Å². The average Bonchev–Trinajstić information content (AvgIpc) is 2.80. The minimum Gasteiger partial charge on any atom is -0.324 e. The van der Waals surface area contributed by atoms with E-state index in [0.29, 0.717) is 16.7 Å². The number of carbonyl (C=O) groups is 1. The Labute approximate surface area is 95.2 Å². The summed E-state index contributed by atoms with van der Waals surface area (Å²) in [6.07, 6.45) is 0.824. The van der Waals surface area contributed by atoms with Crippen molar-refractivity contribution in [3.63, 3.8) is 0 Å². The van der Waals surface area contributed by atoms with Crippen LogP contribution in [0.5, 0.6) is 0 Å². The standard InChI is InChI=1S/C10H10BrFN2O/c1-10(4-7(10)12)9(15)14-6-2-3-8(11)13-5-6/h2-3,5,7H,4H2,1H3,(H,14,15). The smallest absolute Gasteiger partial charge is 0.233 e. The second kappa shape index (κ2) is 3.56. The van der Waals surface area contributed by atoms with Crippen molar-refractivity contribution in [2.45, 2.75) is 19.5 Å². The summed E-state index contributed by atoms with van der Waals surface area (Å²) in [7, 11) is 0. The minimum absolute atomic E-state index is 0.279. The maximum atomic E-state index is 12.9. The molecule has 1 aliphatic rings. The molecule has 0 spiro atoms. The lowest BCUT2D eigenvalue weighted by atomic mass is 10.1. The van der Waals surface area contributed by atoms with Gasteiger partial charge < -0.3 is 5.32 Å². The van der Waals surface area contributed by atoms with E-state index in [0.717, 1.165) is 0 Å². The van der Waals surface area contributed by atoms with Crippen LogP contribution >= 0.6 is 15.9 Å². The van der Waals surface area contributed by atoms with E-state index in [4.69, 9.17) is 0 Å². The molecule has 0 aromatic carbocycles. The fraction of sp³-hybridized carbons (Fsp3) is 0.400. The van der Waals surface area contributed by atoms with E-state index in [9.17, 15) is 9.18 Å². The van der Waals surface area contributed by atoms with Gasteiger partial charge in [-0.15, -0.1) is 0 Å². The van der Waals surface area contributed by atoms with Crippen LogP contribution in [0.1, 0.15) is 13.3 Å². The Hall–Kier alpha value is -0.970. The molecule has 0 bridgehead atoms. The van der Waals surface area contributed by atoms with Crippen LogP contribution in [0, 0.1) is 5.41 Å². The maximum Gasteiger partial charge on any atom is 0.233 e. The summed E-state index contributed by atoms with van der Waals surface area (Å²) < 4.78 is 13.6. The van der Waals surface area contributed by atoms with Gasteiger partial charge in [-0.3, -0.25) is 4.79 Å². The number of alkyl halides is 1. The topological polar surface area (TPSA) is 42.0 Å². The number of amides is 1. The number of nitrogens with one attached hydrogen (secondary N) is 1. The second-order valence-corrected chi connectivity index (χ2v) is 4.73. The van der Waals surface area contributed by atoms with Gasteiger partial charge in [0.1, 0.15) is 10.8 Å². The van der Waals surface area contributed by atoms with Crippen molar-refractivity contribution in [2.24, 2.45) is 5.41 Å². The summed E-state index contributed by atoms with van der Waals surface area (Å²) in [5.41, 5.74) is -0.254. The lowest BCUT2D eigenvalue weighted by Gasteiger charge is -2.09. The third-order valence-electron chi connectivity index (χ3n) is 2.64. The first-order valence-corrected chi connectivity index (χ1v) is 5.39. The summed E-state index contributed by atoms with van der Waals surface area (Å²) in [5, 5.41) is 2.64. The Kier molecular flexibility index (Phi) is 2.50.